The SMILES string of the molecule is CC(C)NC(=O)CN(C)C(=O)c1c(F)ccc(N)c1F. The van der Waals surface area contributed by atoms with Crippen LogP contribution < -0.4 is 11.1 Å². The number of hydrogen-bond donors (Lipinski definition) is 2. The van der Waals surface area contributed by atoms with E-state index in [1.807, 2.05) is 0 Å². The van der Waals surface area contributed by atoms with Gasteiger partial charge in [0.05, 0.1) is 12.2 Å². The van der Waals surface area contributed by atoms with Gasteiger partial charge in [0.1, 0.15) is 11.4 Å². The lowest BCUT2D eigenvalue weighted by atomic mass is 10.1. The van der Waals surface area contributed by atoms with Crippen molar-refractivity contribution in [2.75, 3.05) is 19.3 Å². The van der Waals surface area contributed by atoms with Gasteiger partial charge in [-0.05, 0) is 26.0 Å². The summed E-state index contributed by atoms with van der Waals surface area (Å²) in [5, 5.41) is 2.58. The standard InChI is InChI=1S/C13H17F2N3O2/c1-7(2)17-10(19)6-18(3)13(20)11-8(14)4-5-9(16)12(11)15/h4-5,7H,6,16H2,1-3H3,(H,17,19). The molecule has 7 heteroatoms. The number of rotatable bonds is 4. The van der Waals surface area contributed by atoms with Gasteiger partial charge in [-0.1, -0.05) is 0 Å². The number of nitrogens with zero attached hydrogens (tertiary/aromatic N) is 1. The second-order valence-corrected chi connectivity index (χ2v) is 4.71. The quantitative estimate of drug-likeness (QED) is 0.815. The molecule has 0 aromatic heterocycles. The lowest BCUT2D eigenvalue weighted by molar-refractivity contribution is -0.122. The molecule has 20 heavy (non-hydrogen) atoms. The third kappa shape index (κ3) is 3.66. The van der Waals surface area contributed by atoms with Crippen molar-refractivity contribution >= 4 is 17.5 Å². The number of amides is 2. The van der Waals surface area contributed by atoms with Crippen LogP contribution in [-0.4, -0.2) is 36.3 Å². The van der Waals surface area contributed by atoms with Crippen molar-refractivity contribution in [2.45, 2.75) is 19.9 Å². The molecule has 3 N–H and O–H groups in total. The molecule has 0 saturated heterocycles. The van der Waals surface area contributed by atoms with Gasteiger partial charge in [0.15, 0.2) is 5.82 Å². The largest absolute Gasteiger partial charge is 0.396 e. The van der Waals surface area contributed by atoms with Crippen molar-refractivity contribution in [1.29, 1.82) is 0 Å². The first kappa shape index (κ1) is 15.9. The summed E-state index contributed by atoms with van der Waals surface area (Å²) >= 11 is 0. The van der Waals surface area contributed by atoms with E-state index >= 15 is 0 Å². The minimum Gasteiger partial charge on any atom is -0.396 e. The van der Waals surface area contributed by atoms with Gasteiger partial charge >= 0.3 is 0 Å². The van der Waals surface area contributed by atoms with Crippen LogP contribution in [0.5, 0.6) is 0 Å². The average molecular weight is 285 g/mol. The van der Waals surface area contributed by atoms with E-state index < -0.39 is 29.0 Å². The number of carbonyl (C=O) groups excluding carboxylic acids is 2. The number of anilines is 1. The van der Waals surface area contributed by atoms with E-state index in [1.165, 1.54) is 7.05 Å². The number of likely N-dealkylation sites (N-methyl/N-ethyl adjacent to an activating group) is 1. The molecule has 0 aliphatic rings. The molecule has 0 atom stereocenters. The molecule has 110 valence electrons. The van der Waals surface area contributed by atoms with Crippen molar-refractivity contribution < 1.29 is 18.4 Å². The van der Waals surface area contributed by atoms with Crippen LogP contribution >= 0.6 is 0 Å². The molecule has 0 saturated carbocycles. The lowest BCUT2D eigenvalue weighted by Crippen LogP contribution is -2.41. The number of nitrogen functional groups attached to an aromatic ring is 1. The minimum absolute atomic E-state index is 0.0909. The van der Waals surface area contributed by atoms with Crippen molar-refractivity contribution in [3.63, 3.8) is 0 Å². The molecule has 0 unspecified atom stereocenters. The van der Waals surface area contributed by atoms with Gasteiger partial charge in [-0.3, -0.25) is 9.59 Å². The van der Waals surface area contributed by atoms with Crippen molar-refractivity contribution in [2.24, 2.45) is 0 Å². The molecule has 0 aliphatic carbocycles. The Morgan fingerprint density at radius 1 is 1.35 bits per heavy atom. The smallest absolute Gasteiger partial charge is 0.260 e. The summed E-state index contributed by atoms with van der Waals surface area (Å²) in [6, 6.07) is 1.85. The fourth-order valence-electron chi connectivity index (χ4n) is 1.61. The third-order valence-corrected chi connectivity index (χ3v) is 2.51. The number of nitrogens with two attached hydrogens (primary N) is 1. The zero-order valence-corrected chi connectivity index (χ0v) is 11.5. The summed E-state index contributed by atoms with van der Waals surface area (Å²) in [6.07, 6.45) is 0. The van der Waals surface area contributed by atoms with Crippen LogP contribution in [0.2, 0.25) is 0 Å². The highest BCUT2D eigenvalue weighted by Gasteiger charge is 2.23. The normalized spacial score (nSPS) is 10.5. The summed E-state index contributed by atoms with van der Waals surface area (Å²) in [6.45, 7) is 3.22. The maximum Gasteiger partial charge on any atom is 0.260 e. The second-order valence-electron chi connectivity index (χ2n) is 4.71. The zero-order valence-electron chi connectivity index (χ0n) is 11.5. The van der Waals surface area contributed by atoms with E-state index in [0.29, 0.717) is 0 Å². The van der Waals surface area contributed by atoms with Crippen LogP contribution in [0.3, 0.4) is 0 Å². The molecule has 1 rings (SSSR count). The molecule has 0 heterocycles. The van der Waals surface area contributed by atoms with Crippen LogP contribution in [-0.2, 0) is 4.79 Å². The Labute approximate surface area is 115 Å². The molecular formula is C13H17F2N3O2. The van der Waals surface area contributed by atoms with E-state index in [0.717, 1.165) is 17.0 Å². The van der Waals surface area contributed by atoms with Gasteiger partial charge in [-0.25, -0.2) is 8.78 Å². The van der Waals surface area contributed by atoms with Gasteiger partial charge < -0.3 is 16.0 Å². The second kappa shape index (κ2) is 6.31. The molecule has 2 amide bonds. The molecule has 0 fully saturated rings. The number of nitrogens with one attached hydrogen (secondary N) is 1. The van der Waals surface area contributed by atoms with Crippen molar-refractivity contribution in [3.8, 4) is 0 Å². The highest BCUT2D eigenvalue weighted by atomic mass is 19.1. The molecule has 0 spiro atoms. The Bertz CT molecular complexity index is 533. The first-order valence-corrected chi connectivity index (χ1v) is 6.02. The van der Waals surface area contributed by atoms with Crippen LogP contribution in [0.15, 0.2) is 12.1 Å². The Hall–Kier alpha value is -2.18. The Kier molecular flexibility index (Phi) is 5.01. The first-order valence-electron chi connectivity index (χ1n) is 6.02. The lowest BCUT2D eigenvalue weighted by Gasteiger charge is -2.18. The van der Waals surface area contributed by atoms with E-state index in [2.05, 4.69) is 5.32 Å². The summed E-state index contributed by atoms with van der Waals surface area (Å²) in [7, 11) is 1.28. The maximum absolute atomic E-state index is 13.7. The van der Waals surface area contributed by atoms with Gasteiger partial charge in [0.2, 0.25) is 5.91 Å². The number of benzene rings is 1. The first-order chi connectivity index (χ1) is 9.23. The van der Waals surface area contributed by atoms with Gasteiger partial charge in [0, 0.05) is 13.1 Å². The number of halogens is 2. The number of carbonyl (C=O) groups is 2. The summed E-state index contributed by atoms with van der Waals surface area (Å²) in [5.74, 6) is -3.49. The summed E-state index contributed by atoms with van der Waals surface area (Å²) in [5.41, 5.74) is 4.22. The average Bonchev–Trinajstić information content (AvgIpc) is 2.33. The molecule has 1 aromatic carbocycles. The highest BCUT2D eigenvalue weighted by Crippen LogP contribution is 2.19. The predicted octanol–water partition coefficient (Wildman–Crippen LogP) is 1.14. The van der Waals surface area contributed by atoms with Gasteiger partial charge in [-0.2, -0.15) is 0 Å². The fraction of sp³-hybridized carbons (Fsp3) is 0.385. The Morgan fingerprint density at radius 2 is 1.95 bits per heavy atom. The Balaban J connectivity index is 2.90. The van der Waals surface area contributed by atoms with Crippen LogP contribution in [0.25, 0.3) is 0 Å². The van der Waals surface area contributed by atoms with Gasteiger partial charge in [0.25, 0.3) is 5.91 Å². The Morgan fingerprint density at radius 3 is 2.50 bits per heavy atom. The topological polar surface area (TPSA) is 75.4 Å². The fourth-order valence-corrected chi connectivity index (χ4v) is 1.61. The molecule has 0 bridgehead atoms. The molecule has 0 radical (unpaired) electrons. The maximum atomic E-state index is 13.7. The predicted molar refractivity (Wildman–Crippen MR) is 71.0 cm³/mol. The number of hydrogen-bond acceptors (Lipinski definition) is 3. The molecule has 0 aliphatic heterocycles. The van der Waals surface area contributed by atoms with Crippen LogP contribution in [0, 0.1) is 11.6 Å². The molecular weight excluding hydrogens is 268 g/mol. The third-order valence-electron chi connectivity index (χ3n) is 2.51. The van der Waals surface area contributed by atoms with E-state index in [9.17, 15) is 18.4 Å². The van der Waals surface area contributed by atoms with E-state index in [4.69, 9.17) is 5.73 Å². The summed E-state index contributed by atoms with van der Waals surface area (Å²) in [4.78, 5) is 24.4. The van der Waals surface area contributed by atoms with Crippen molar-refractivity contribution in [1.82, 2.24) is 10.2 Å². The van der Waals surface area contributed by atoms with E-state index in [1.54, 1.807) is 13.8 Å². The molecule has 1 aromatic rings. The van der Waals surface area contributed by atoms with Gasteiger partial charge in [-0.15, -0.1) is 0 Å². The monoisotopic (exact) mass is 285 g/mol. The zero-order chi connectivity index (χ0) is 15.4. The van der Waals surface area contributed by atoms with Crippen LogP contribution in [0.4, 0.5) is 14.5 Å². The van der Waals surface area contributed by atoms with E-state index in [-0.39, 0.29) is 18.3 Å². The minimum atomic E-state index is -1.12. The molecule has 5 nitrogen and oxygen atoms in total. The summed E-state index contributed by atoms with van der Waals surface area (Å²) < 4.78 is 27.3. The van der Waals surface area contributed by atoms with Crippen molar-refractivity contribution in [3.05, 3.63) is 29.3 Å². The highest BCUT2D eigenvalue weighted by molar-refractivity contribution is 5.97. The van der Waals surface area contributed by atoms with Crippen LogP contribution in [0.1, 0.15) is 24.2 Å².